The number of carbonyl (C=O) groups is 1. The summed E-state index contributed by atoms with van der Waals surface area (Å²) in [7, 11) is 0. The van der Waals surface area contributed by atoms with Crippen molar-refractivity contribution in [2.45, 2.75) is 55.4 Å². The molecular weight excluding hydrogens is 408 g/mol. The van der Waals surface area contributed by atoms with E-state index < -0.39 is 5.97 Å². The minimum absolute atomic E-state index is 0.128. The number of nitrogens with one attached hydrogen (secondary N) is 1. The first-order chi connectivity index (χ1) is 14.0. The average Bonchev–Trinajstić information content (AvgIpc) is 3.43. The Morgan fingerprint density at radius 2 is 1.97 bits per heavy atom. The van der Waals surface area contributed by atoms with Gasteiger partial charge >= 0.3 is 5.97 Å². The lowest BCUT2D eigenvalue weighted by atomic mass is 10.1. The predicted octanol–water partition coefficient (Wildman–Crippen LogP) is 6.23. The maximum atomic E-state index is 11.4. The second kappa shape index (κ2) is 8.56. The molecule has 7 heteroatoms. The van der Waals surface area contributed by atoms with Crippen molar-refractivity contribution in [1.29, 1.82) is 5.26 Å². The van der Waals surface area contributed by atoms with Crippen LogP contribution >= 0.6 is 23.5 Å². The molecule has 0 aliphatic heterocycles. The van der Waals surface area contributed by atoms with E-state index in [4.69, 9.17) is 16.3 Å². The molecule has 2 saturated carbocycles. The Labute approximate surface area is 179 Å². The first kappa shape index (κ1) is 19.9. The van der Waals surface area contributed by atoms with Crippen molar-refractivity contribution in [2.75, 3.05) is 4.72 Å². The third-order valence-electron chi connectivity index (χ3n) is 5.31. The summed E-state index contributed by atoms with van der Waals surface area (Å²) in [6.45, 7) is 0. The van der Waals surface area contributed by atoms with E-state index in [2.05, 4.69) is 10.8 Å². The number of hydrogen-bond donors (Lipinski definition) is 2. The molecule has 0 heterocycles. The lowest BCUT2D eigenvalue weighted by molar-refractivity contribution is 0.0696. The fraction of sp³-hybridized carbons (Fsp3) is 0.364. The van der Waals surface area contributed by atoms with Crippen LogP contribution in [-0.2, 0) is 0 Å². The summed E-state index contributed by atoms with van der Waals surface area (Å²) in [6, 6.07) is 10.7. The number of ether oxygens (including phenoxy) is 1. The van der Waals surface area contributed by atoms with Crippen LogP contribution in [0.1, 0.15) is 65.9 Å². The van der Waals surface area contributed by atoms with Crippen molar-refractivity contribution >= 4 is 35.2 Å². The molecule has 2 aromatic carbocycles. The van der Waals surface area contributed by atoms with E-state index in [1.54, 1.807) is 24.3 Å². The lowest BCUT2D eigenvalue weighted by Crippen LogP contribution is -2.12. The van der Waals surface area contributed by atoms with E-state index >= 15 is 0 Å². The smallest absolute Gasteiger partial charge is 0.335 e. The summed E-state index contributed by atoms with van der Waals surface area (Å²) in [5, 5.41) is 19.1. The largest absolute Gasteiger partial charge is 0.487 e. The van der Waals surface area contributed by atoms with Crippen molar-refractivity contribution in [3.05, 3.63) is 52.0 Å². The van der Waals surface area contributed by atoms with E-state index in [9.17, 15) is 15.2 Å². The van der Waals surface area contributed by atoms with Gasteiger partial charge in [0.05, 0.1) is 34.0 Å². The molecule has 4 rings (SSSR count). The molecule has 0 aromatic heterocycles. The topological polar surface area (TPSA) is 82.3 Å². The molecule has 2 fully saturated rings. The van der Waals surface area contributed by atoms with Crippen LogP contribution in [0.3, 0.4) is 0 Å². The number of carboxylic acids is 1. The highest BCUT2D eigenvalue weighted by Crippen LogP contribution is 2.45. The molecule has 5 nitrogen and oxygen atoms in total. The van der Waals surface area contributed by atoms with Crippen molar-refractivity contribution in [3.8, 4) is 11.8 Å². The number of halogens is 1. The fourth-order valence-corrected chi connectivity index (χ4v) is 4.80. The van der Waals surface area contributed by atoms with E-state index in [-0.39, 0.29) is 11.7 Å². The Kier molecular flexibility index (Phi) is 5.89. The quantitative estimate of drug-likeness (QED) is 0.509. The summed E-state index contributed by atoms with van der Waals surface area (Å²) in [4.78, 5) is 12.3. The molecule has 0 bridgehead atoms. The summed E-state index contributed by atoms with van der Waals surface area (Å²) < 4.78 is 9.44. The van der Waals surface area contributed by atoms with Gasteiger partial charge < -0.3 is 14.6 Å². The van der Waals surface area contributed by atoms with Gasteiger partial charge in [-0.1, -0.05) is 17.7 Å². The van der Waals surface area contributed by atoms with E-state index in [0.29, 0.717) is 27.9 Å². The van der Waals surface area contributed by atoms with Gasteiger partial charge in [-0.15, -0.1) is 0 Å². The van der Waals surface area contributed by atoms with Gasteiger partial charge in [0.1, 0.15) is 0 Å². The summed E-state index contributed by atoms with van der Waals surface area (Å²) in [5.41, 5.74) is 2.48. The maximum absolute atomic E-state index is 11.4. The first-order valence-electron chi connectivity index (χ1n) is 9.75. The molecule has 0 saturated heterocycles. The van der Waals surface area contributed by atoms with Crippen molar-refractivity contribution in [1.82, 2.24) is 0 Å². The van der Waals surface area contributed by atoms with Gasteiger partial charge in [0.25, 0.3) is 0 Å². The molecule has 0 amide bonds. The number of nitrogens with zero attached hydrogens (tertiary/aromatic N) is 1. The molecule has 2 aliphatic rings. The van der Waals surface area contributed by atoms with Crippen LogP contribution in [0, 0.1) is 11.3 Å². The van der Waals surface area contributed by atoms with Crippen molar-refractivity contribution in [3.63, 3.8) is 0 Å². The normalized spacial score (nSPS) is 16.4. The second-order valence-electron chi connectivity index (χ2n) is 7.51. The highest BCUT2D eigenvalue weighted by molar-refractivity contribution is 8.00. The minimum atomic E-state index is -0.950. The van der Waals surface area contributed by atoms with Gasteiger partial charge in [-0.05, 0) is 86.2 Å². The maximum Gasteiger partial charge on any atom is 0.335 e. The van der Waals surface area contributed by atoms with Crippen LogP contribution in [0.4, 0.5) is 5.69 Å². The number of benzene rings is 2. The molecule has 29 heavy (non-hydrogen) atoms. The van der Waals surface area contributed by atoms with E-state index in [1.807, 2.05) is 6.07 Å². The average molecular weight is 429 g/mol. The molecular formula is C22H21ClN2O3S. The van der Waals surface area contributed by atoms with Gasteiger partial charge in [0.2, 0.25) is 0 Å². The monoisotopic (exact) mass is 428 g/mol. The van der Waals surface area contributed by atoms with Crippen LogP contribution in [0.5, 0.6) is 5.75 Å². The molecule has 150 valence electrons. The Morgan fingerprint density at radius 1 is 1.21 bits per heavy atom. The zero-order chi connectivity index (χ0) is 20.4. The van der Waals surface area contributed by atoms with Crippen molar-refractivity contribution in [2.24, 2.45) is 0 Å². The number of anilines is 1. The number of hydrogen-bond acceptors (Lipinski definition) is 5. The Bertz CT molecular complexity index is 979. The lowest BCUT2D eigenvalue weighted by Gasteiger charge is -2.19. The summed E-state index contributed by atoms with van der Waals surface area (Å²) in [6.07, 6.45) is 6.64. The molecule has 0 atom stereocenters. The highest BCUT2D eigenvalue weighted by Gasteiger charge is 2.27. The molecule has 0 spiro atoms. The minimum Gasteiger partial charge on any atom is -0.487 e. The number of nitriles is 1. The van der Waals surface area contributed by atoms with Gasteiger partial charge in [-0.3, -0.25) is 0 Å². The number of carboxylic acid groups (broad SMARTS) is 1. The first-order valence-corrected chi connectivity index (χ1v) is 10.9. The predicted molar refractivity (Wildman–Crippen MR) is 114 cm³/mol. The highest BCUT2D eigenvalue weighted by atomic mass is 35.5. The van der Waals surface area contributed by atoms with Crippen LogP contribution in [-0.4, -0.2) is 17.2 Å². The van der Waals surface area contributed by atoms with Crippen LogP contribution in [0.2, 0.25) is 5.02 Å². The van der Waals surface area contributed by atoms with Crippen molar-refractivity contribution < 1.29 is 14.6 Å². The Hall–Kier alpha value is -2.36. The van der Waals surface area contributed by atoms with Crippen LogP contribution in [0.15, 0.2) is 35.2 Å². The molecule has 0 unspecified atom stereocenters. The van der Waals surface area contributed by atoms with E-state index in [0.717, 1.165) is 49.0 Å². The number of rotatable bonds is 7. The standard InChI is InChI=1S/C22H21ClN2O3S/c23-18-9-13(12-24)10-19(21(18)28-16-3-1-2-4-16)25-29-20-11-15(22(26)27)7-8-17(20)14-5-6-14/h7-11,14,16,25H,1-6H2,(H,26,27). The molecule has 2 aliphatic carbocycles. The fourth-order valence-electron chi connectivity index (χ4n) is 3.62. The zero-order valence-electron chi connectivity index (χ0n) is 15.8. The van der Waals surface area contributed by atoms with Crippen LogP contribution < -0.4 is 9.46 Å². The zero-order valence-corrected chi connectivity index (χ0v) is 17.4. The molecule has 0 radical (unpaired) electrons. The van der Waals surface area contributed by atoms with Gasteiger partial charge in [0, 0.05) is 4.90 Å². The SMILES string of the molecule is N#Cc1cc(Cl)c(OC2CCCC2)c(NSc2cc(C(=O)O)ccc2C2CC2)c1. The summed E-state index contributed by atoms with van der Waals surface area (Å²) in [5.74, 6) is 0.0757. The molecule has 2 aromatic rings. The van der Waals surface area contributed by atoms with Crippen LogP contribution in [0.25, 0.3) is 0 Å². The molecule has 2 N–H and O–H groups in total. The van der Waals surface area contributed by atoms with Gasteiger partial charge in [-0.2, -0.15) is 5.26 Å². The third-order valence-corrected chi connectivity index (χ3v) is 6.48. The van der Waals surface area contributed by atoms with E-state index in [1.165, 1.54) is 11.9 Å². The number of aromatic carboxylic acids is 1. The Balaban J connectivity index is 1.62. The second-order valence-corrected chi connectivity index (χ2v) is 8.76. The summed E-state index contributed by atoms with van der Waals surface area (Å²) >= 11 is 7.77. The van der Waals surface area contributed by atoms with Gasteiger partial charge in [-0.25, -0.2) is 4.79 Å². The third kappa shape index (κ3) is 4.63. The van der Waals surface area contributed by atoms with Gasteiger partial charge in [0.15, 0.2) is 5.75 Å². The Morgan fingerprint density at radius 3 is 2.62 bits per heavy atom.